The molecule has 0 aliphatic rings. The van der Waals surface area contributed by atoms with E-state index in [1.807, 2.05) is 56.3 Å². The highest BCUT2D eigenvalue weighted by atomic mass is 16.5. The third-order valence-corrected chi connectivity index (χ3v) is 3.38. The van der Waals surface area contributed by atoms with E-state index in [0.717, 1.165) is 11.1 Å². The fourth-order valence-corrected chi connectivity index (χ4v) is 2.13. The van der Waals surface area contributed by atoms with E-state index in [1.54, 1.807) is 19.2 Å². The fourth-order valence-electron chi connectivity index (χ4n) is 2.13. The van der Waals surface area contributed by atoms with Crippen molar-refractivity contribution in [2.45, 2.75) is 20.5 Å². The Hall–Kier alpha value is -2.57. The van der Waals surface area contributed by atoms with Crippen molar-refractivity contribution >= 4 is 5.97 Å². The summed E-state index contributed by atoms with van der Waals surface area (Å²) in [5.74, 6) is 5.96. The van der Waals surface area contributed by atoms with Crippen LogP contribution >= 0.6 is 0 Å². The summed E-state index contributed by atoms with van der Waals surface area (Å²) in [4.78, 5) is 12.1. The maximum atomic E-state index is 12.1. The van der Waals surface area contributed by atoms with Crippen LogP contribution in [0.5, 0.6) is 0 Å². The minimum absolute atomic E-state index is 0.206. The van der Waals surface area contributed by atoms with Crippen LogP contribution in [0.3, 0.4) is 0 Å². The zero-order chi connectivity index (χ0) is 17.4. The summed E-state index contributed by atoms with van der Waals surface area (Å²) in [5.41, 5.74) is 2.14. The van der Waals surface area contributed by atoms with Gasteiger partial charge in [0, 0.05) is 18.1 Å². The Morgan fingerprint density at radius 1 is 1.04 bits per heavy atom. The van der Waals surface area contributed by atoms with E-state index in [0.29, 0.717) is 12.2 Å². The summed E-state index contributed by atoms with van der Waals surface area (Å²) in [7, 11) is 1.67. The molecule has 0 fully saturated rings. The van der Waals surface area contributed by atoms with Crippen LogP contribution in [0.2, 0.25) is 0 Å². The number of carbonyl (C=O) groups excluding carboxylic acids is 1. The number of benzene rings is 2. The second-order valence-corrected chi connectivity index (χ2v) is 6.21. The van der Waals surface area contributed by atoms with Crippen molar-refractivity contribution < 1.29 is 14.3 Å². The van der Waals surface area contributed by atoms with Crippen molar-refractivity contribution in [3.05, 3.63) is 71.3 Å². The molecule has 2 rings (SSSR count). The summed E-state index contributed by atoms with van der Waals surface area (Å²) in [6, 6.07) is 16.7. The van der Waals surface area contributed by atoms with E-state index in [2.05, 4.69) is 11.8 Å². The molecule has 0 bridgehead atoms. The SMILES string of the molecule is COCC(C)(C)C#Cc1ccc(C(=O)OCc2ccccc2)cc1. The van der Waals surface area contributed by atoms with Gasteiger partial charge in [-0.25, -0.2) is 4.79 Å². The van der Waals surface area contributed by atoms with Crippen LogP contribution in [0, 0.1) is 17.3 Å². The molecule has 2 aromatic carbocycles. The lowest BCUT2D eigenvalue weighted by Gasteiger charge is -2.15. The van der Waals surface area contributed by atoms with Crippen molar-refractivity contribution in [2.75, 3.05) is 13.7 Å². The average Bonchev–Trinajstić information content (AvgIpc) is 2.59. The minimum Gasteiger partial charge on any atom is -0.457 e. The molecule has 0 unspecified atom stereocenters. The van der Waals surface area contributed by atoms with Gasteiger partial charge in [-0.1, -0.05) is 42.2 Å². The summed E-state index contributed by atoms with van der Waals surface area (Å²) in [5, 5.41) is 0. The number of methoxy groups -OCH3 is 1. The van der Waals surface area contributed by atoms with E-state index >= 15 is 0 Å². The Balaban J connectivity index is 1.96. The third kappa shape index (κ3) is 5.57. The maximum Gasteiger partial charge on any atom is 0.338 e. The molecule has 0 spiro atoms. The molecule has 0 radical (unpaired) electrons. The highest BCUT2D eigenvalue weighted by molar-refractivity contribution is 5.89. The first-order valence-corrected chi connectivity index (χ1v) is 7.83. The number of ether oxygens (including phenoxy) is 2. The Labute approximate surface area is 143 Å². The van der Waals surface area contributed by atoms with Crippen LogP contribution in [0.4, 0.5) is 0 Å². The van der Waals surface area contributed by atoms with Crippen LogP contribution in [0.25, 0.3) is 0 Å². The zero-order valence-corrected chi connectivity index (χ0v) is 14.3. The van der Waals surface area contributed by atoms with Gasteiger partial charge >= 0.3 is 5.97 Å². The monoisotopic (exact) mass is 322 g/mol. The average molecular weight is 322 g/mol. The summed E-state index contributed by atoms with van der Waals surface area (Å²) >= 11 is 0. The summed E-state index contributed by atoms with van der Waals surface area (Å²) in [6.07, 6.45) is 0. The van der Waals surface area contributed by atoms with Crippen LogP contribution in [0.1, 0.15) is 35.3 Å². The molecule has 124 valence electrons. The number of carbonyl (C=O) groups is 1. The van der Waals surface area contributed by atoms with Gasteiger partial charge in [0.05, 0.1) is 12.2 Å². The summed E-state index contributed by atoms with van der Waals surface area (Å²) < 4.78 is 10.5. The second kappa shape index (κ2) is 8.33. The summed E-state index contributed by atoms with van der Waals surface area (Å²) in [6.45, 7) is 4.90. The van der Waals surface area contributed by atoms with E-state index < -0.39 is 0 Å². The topological polar surface area (TPSA) is 35.5 Å². The third-order valence-electron chi connectivity index (χ3n) is 3.38. The highest BCUT2D eigenvalue weighted by Crippen LogP contribution is 2.14. The van der Waals surface area contributed by atoms with Crippen molar-refractivity contribution in [3.63, 3.8) is 0 Å². The lowest BCUT2D eigenvalue weighted by atomic mass is 9.95. The molecule has 0 atom stereocenters. The maximum absolute atomic E-state index is 12.1. The molecule has 0 heterocycles. The van der Waals surface area contributed by atoms with E-state index in [4.69, 9.17) is 9.47 Å². The standard InChI is InChI=1S/C21H22O3/c1-21(2,16-23-3)14-13-17-9-11-19(12-10-17)20(22)24-15-18-7-5-4-6-8-18/h4-12H,15-16H2,1-3H3. The lowest BCUT2D eigenvalue weighted by molar-refractivity contribution is 0.0472. The van der Waals surface area contributed by atoms with E-state index in [9.17, 15) is 4.79 Å². The molecule has 0 saturated heterocycles. The predicted molar refractivity (Wildman–Crippen MR) is 94.5 cm³/mol. The molecular formula is C21H22O3. The van der Waals surface area contributed by atoms with Crippen LogP contribution < -0.4 is 0 Å². The Bertz CT molecular complexity index is 719. The fraction of sp³-hybridized carbons (Fsp3) is 0.286. The van der Waals surface area contributed by atoms with E-state index in [1.165, 1.54) is 0 Å². The molecule has 0 aliphatic heterocycles. The van der Waals surface area contributed by atoms with Crippen LogP contribution in [-0.4, -0.2) is 19.7 Å². The van der Waals surface area contributed by atoms with Crippen molar-refractivity contribution in [3.8, 4) is 11.8 Å². The number of rotatable bonds is 5. The van der Waals surface area contributed by atoms with Gasteiger partial charge in [0.2, 0.25) is 0 Å². The molecule has 0 aliphatic carbocycles. The van der Waals surface area contributed by atoms with Gasteiger partial charge in [0.15, 0.2) is 0 Å². The molecule has 3 heteroatoms. The lowest BCUT2D eigenvalue weighted by Crippen LogP contribution is -2.15. The zero-order valence-electron chi connectivity index (χ0n) is 14.3. The molecule has 24 heavy (non-hydrogen) atoms. The first-order valence-electron chi connectivity index (χ1n) is 7.83. The van der Waals surface area contributed by atoms with Gasteiger partial charge in [-0.3, -0.25) is 0 Å². The van der Waals surface area contributed by atoms with Crippen molar-refractivity contribution in [1.82, 2.24) is 0 Å². The minimum atomic E-state index is -0.335. The molecule has 0 N–H and O–H groups in total. The first-order chi connectivity index (χ1) is 11.5. The number of esters is 1. The van der Waals surface area contributed by atoms with Gasteiger partial charge in [0.1, 0.15) is 6.61 Å². The first kappa shape index (κ1) is 17.8. The quantitative estimate of drug-likeness (QED) is 0.615. The normalized spacial score (nSPS) is 10.6. The Morgan fingerprint density at radius 3 is 2.33 bits per heavy atom. The van der Waals surface area contributed by atoms with Crippen LogP contribution in [-0.2, 0) is 16.1 Å². The molecule has 0 amide bonds. The molecule has 0 saturated carbocycles. The highest BCUT2D eigenvalue weighted by Gasteiger charge is 2.13. The largest absolute Gasteiger partial charge is 0.457 e. The predicted octanol–water partition coefficient (Wildman–Crippen LogP) is 4.07. The van der Waals surface area contributed by atoms with Gasteiger partial charge in [-0.2, -0.15) is 0 Å². The van der Waals surface area contributed by atoms with Gasteiger partial charge in [-0.15, -0.1) is 0 Å². The molecule has 0 aromatic heterocycles. The Kier molecular flexibility index (Phi) is 6.17. The second-order valence-electron chi connectivity index (χ2n) is 6.21. The molecule has 3 nitrogen and oxygen atoms in total. The van der Waals surface area contributed by atoms with Gasteiger partial charge in [-0.05, 0) is 43.7 Å². The molecule has 2 aromatic rings. The Morgan fingerprint density at radius 2 is 1.71 bits per heavy atom. The van der Waals surface area contributed by atoms with Crippen molar-refractivity contribution in [2.24, 2.45) is 5.41 Å². The van der Waals surface area contributed by atoms with Crippen molar-refractivity contribution in [1.29, 1.82) is 0 Å². The van der Waals surface area contributed by atoms with Gasteiger partial charge < -0.3 is 9.47 Å². The van der Waals surface area contributed by atoms with Crippen LogP contribution in [0.15, 0.2) is 54.6 Å². The molecular weight excluding hydrogens is 300 g/mol. The number of hydrogen-bond acceptors (Lipinski definition) is 3. The smallest absolute Gasteiger partial charge is 0.338 e. The van der Waals surface area contributed by atoms with E-state index in [-0.39, 0.29) is 18.0 Å². The number of hydrogen-bond donors (Lipinski definition) is 0. The van der Waals surface area contributed by atoms with Gasteiger partial charge in [0.25, 0.3) is 0 Å².